The number of unbranched alkanes of at least 4 members (excludes halogenated alkanes) is 1. The van der Waals surface area contributed by atoms with E-state index in [0.717, 1.165) is 97.6 Å². The average molecular weight is 675 g/mol. The molecule has 49 heavy (non-hydrogen) atoms. The summed E-state index contributed by atoms with van der Waals surface area (Å²) in [7, 11) is 3.39. The highest BCUT2D eigenvalue weighted by atomic mass is 35.5. The highest BCUT2D eigenvalue weighted by molar-refractivity contribution is 6.31. The van der Waals surface area contributed by atoms with Crippen molar-refractivity contribution in [1.29, 1.82) is 0 Å². The van der Waals surface area contributed by atoms with E-state index in [4.69, 9.17) is 31.8 Å². The van der Waals surface area contributed by atoms with E-state index in [0.29, 0.717) is 16.9 Å². The number of halogens is 1. The third-order valence-electron chi connectivity index (χ3n) is 10.7. The maximum atomic E-state index is 6.77. The second kappa shape index (κ2) is 13.5. The molecule has 9 heteroatoms. The van der Waals surface area contributed by atoms with Crippen molar-refractivity contribution in [2.75, 3.05) is 26.5 Å². The van der Waals surface area contributed by atoms with Crippen molar-refractivity contribution in [3.05, 3.63) is 117 Å². The minimum Gasteiger partial charge on any atom is -0.493 e. The second-order valence-corrected chi connectivity index (χ2v) is 14.3. The lowest BCUT2D eigenvalue weighted by atomic mass is 9.70. The lowest BCUT2D eigenvalue weighted by molar-refractivity contribution is 0.201. The van der Waals surface area contributed by atoms with E-state index in [1.165, 1.54) is 28.7 Å². The normalized spacial score (nSPS) is 20.1. The maximum absolute atomic E-state index is 6.77. The third-order valence-corrected chi connectivity index (χ3v) is 10.9. The predicted molar refractivity (Wildman–Crippen MR) is 194 cm³/mol. The molecule has 0 spiro atoms. The van der Waals surface area contributed by atoms with Crippen LogP contribution in [0.4, 0.5) is 5.69 Å². The molecule has 2 bridgehead atoms. The number of hydrogen-bond acceptors (Lipinski definition) is 7. The van der Waals surface area contributed by atoms with Crippen LogP contribution in [0, 0.1) is 5.92 Å². The summed E-state index contributed by atoms with van der Waals surface area (Å²) in [6.07, 6.45) is 12.1. The smallest absolute Gasteiger partial charge is 0.161 e. The number of methoxy groups -OCH3 is 2. The van der Waals surface area contributed by atoms with Crippen molar-refractivity contribution in [2.45, 2.75) is 70.0 Å². The molecule has 0 saturated carbocycles. The van der Waals surface area contributed by atoms with Gasteiger partial charge in [-0.05, 0) is 104 Å². The number of nitrogen functional groups attached to an aromatic ring is 1. The SMILES string of the molecule is COc1cc2c(cc1OC)C(c1ccccc1)N(Cc1cn(CCCCC3=CC4Cc5nc6cc(Cl)ccc6c(N)c5C(C3)C4)nn1)CC2. The zero-order chi connectivity index (χ0) is 33.5. The van der Waals surface area contributed by atoms with Gasteiger partial charge in [-0.15, -0.1) is 5.10 Å². The van der Waals surface area contributed by atoms with Crippen molar-refractivity contribution in [2.24, 2.45) is 5.92 Å². The molecule has 5 aromatic rings. The first-order valence-corrected chi connectivity index (χ1v) is 17.8. The second-order valence-electron chi connectivity index (χ2n) is 13.8. The van der Waals surface area contributed by atoms with Gasteiger partial charge in [0.05, 0.1) is 31.5 Å². The molecule has 2 aliphatic carbocycles. The van der Waals surface area contributed by atoms with E-state index < -0.39 is 0 Å². The van der Waals surface area contributed by atoms with Gasteiger partial charge >= 0.3 is 0 Å². The van der Waals surface area contributed by atoms with Crippen LogP contribution in [0.2, 0.25) is 5.02 Å². The number of ether oxygens (including phenoxy) is 2. The van der Waals surface area contributed by atoms with Crippen LogP contribution in [0.25, 0.3) is 10.9 Å². The molecule has 3 unspecified atom stereocenters. The van der Waals surface area contributed by atoms with E-state index in [2.05, 4.69) is 69.9 Å². The number of nitrogens with zero attached hydrogens (tertiary/aromatic N) is 5. The number of pyridine rings is 1. The first-order chi connectivity index (χ1) is 24.0. The molecule has 2 aromatic heterocycles. The van der Waals surface area contributed by atoms with Crippen molar-refractivity contribution < 1.29 is 9.47 Å². The summed E-state index contributed by atoms with van der Waals surface area (Å²) in [5, 5.41) is 10.9. The Morgan fingerprint density at radius 1 is 0.980 bits per heavy atom. The molecule has 1 aliphatic heterocycles. The highest BCUT2D eigenvalue weighted by Crippen LogP contribution is 2.47. The first-order valence-electron chi connectivity index (χ1n) is 17.5. The fourth-order valence-electron chi connectivity index (χ4n) is 8.52. The maximum Gasteiger partial charge on any atom is 0.161 e. The number of benzene rings is 3. The van der Waals surface area contributed by atoms with Crippen molar-refractivity contribution >= 4 is 28.2 Å². The Balaban J connectivity index is 0.901. The predicted octanol–water partition coefficient (Wildman–Crippen LogP) is 8.07. The average Bonchev–Trinajstić information content (AvgIpc) is 3.56. The number of rotatable bonds is 10. The Bertz CT molecular complexity index is 2020. The van der Waals surface area contributed by atoms with Gasteiger partial charge < -0.3 is 15.2 Å². The molecule has 0 radical (unpaired) electrons. The quantitative estimate of drug-likeness (QED) is 0.118. The Hall–Kier alpha value is -4.40. The fourth-order valence-corrected chi connectivity index (χ4v) is 8.69. The number of allylic oxidation sites excluding steroid dienone is 2. The molecular formula is C40H43ClN6O2. The number of nitrogens with two attached hydrogens (primary N) is 1. The Labute approximate surface area is 292 Å². The molecule has 3 heterocycles. The van der Waals surface area contributed by atoms with Gasteiger partial charge in [0.1, 0.15) is 0 Å². The van der Waals surface area contributed by atoms with Crippen LogP contribution in [-0.4, -0.2) is 45.6 Å². The van der Waals surface area contributed by atoms with Crippen molar-refractivity contribution in [1.82, 2.24) is 24.9 Å². The Morgan fingerprint density at radius 3 is 2.65 bits per heavy atom. The topological polar surface area (TPSA) is 91.3 Å². The third kappa shape index (κ3) is 6.28. The largest absolute Gasteiger partial charge is 0.493 e. The summed E-state index contributed by atoms with van der Waals surface area (Å²) in [5.41, 5.74) is 17.4. The van der Waals surface area contributed by atoms with Crippen LogP contribution in [0.15, 0.2) is 78.5 Å². The number of fused-ring (bicyclic) bond motifs is 6. The van der Waals surface area contributed by atoms with Gasteiger partial charge in [-0.3, -0.25) is 14.6 Å². The van der Waals surface area contributed by atoms with Gasteiger partial charge in [0.25, 0.3) is 0 Å². The van der Waals surface area contributed by atoms with Gasteiger partial charge in [0.2, 0.25) is 0 Å². The van der Waals surface area contributed by atoms with E-state index in [1.54, 1.807) is 19.8 Å². The van der Waals surface area contributed by atoms with Crippen LogP contribution < -0.4 is 15.2 Å². The molecule has 2 N–H and O–H groups in total. The molecule has 8 rings (SSSR count). The van der Waals surface area contributed by atoms with Gasteiger partial charge in [-0.1, -0.05) is 58.8 Å². The Morgan fingerprint density at radius 2 is 1.82 bits per heavy atom. The van der Waals surface area contributed by atoms with Crippen LogP contribution in [-0.2, 0) is 25.9 Å². The van der Waals surface area contributed by atoms with Gasteiger partial charge in [0, 0.05) is 53.2 Å². The van der Waals surface area contributed by atoms with E-state index in [9.17, 15) is 0 Å². The van der Waals surface area contributed by atoms with E-state index >= 15 is 0 Å². The van der Waals surface area contributed by atoms with Crippen molar-refractivity contribution in [3.63, 3.8) is 0 Å². The molecule has 8 nitrogen and oxygen atoms in total. The summed E-state index contributed by atoms with van der Waals surface area (Å²) < 4.78 is 13.3. The number of anilines is 1. The first kappa shape index (κ1) is 31.8. The molecule has 0 amide bonds. The summed E-state index contributed by atoms with van der Waals surface area (Å²) in [5.74, 6) is 2.52. The van der Waals surface area contributed by atoms with Crippen molar-refractivity contribution in [3.8, 4) is 11.5 Å². The fraction of sp³-hybridized carbons (Fsp3) is 0.375. The number of aryl methyl sites for hydroxylation is 1. The summed E-state index contributed by atoms with van der Waals surface area (Å²) in [6, 6.07) is 20.9. The van der Waals surface area contributed by atoms with Gasteiger partial charge in [0.15, 0.2) is 11.5 Å². The van der Waals surface area contributed by atoms with Crippen LogP contribution in [0.5, 0.6) is 11.5 Å². The van der Waals surface area contributed by atoms with Crippen LogP contribution in [0.1, 0.15) is 77.7 Å². The minimum absolute atomic E-state index is 0.0912. The summed E-state index contributed by atoms with van der Waals surface area (Å²) in [6.45, 7) is 2.51. The minimum atomic E-state index is 0.0912. The molecule has 252 valence electrons. The monoisotopic (exact) mass is 674 g/mol. The molecule has 3 aromatic carbocycles. The van der Waals surface area contributed by atoms with E-state index in [1.807, 2.05) is 22.9 Å². The summed E-state index contributed by atoms with van der Waals surface area (Å²) in [4.78, 5) is 7.52. The summed E-state index contributed by atoms with van der Waals surface area (Å²) >= 11 is 6.26. The number of aromatic nitrogens is 4. The molecule has 3 atom stereocenters. The molecule has 0 fully saturated rings. The highest BCUT2D eigenvalue weighted by Gasteiger charge is 2.34. The zero-order valence-electron chi connectivity index (χ0n) is 28.2. The molecular weight excluding hydrogens is 632 g/mol. The zero-order valence-corrected chi connectivity index (χ0v) is 29.0. The van der Waals surface area contributed by atoms with Gasteiger partial charge in [-0.25, -0.2) is 0 Å². The standard InChI is InChI=1S/C40H43ClN6O2/c1-48-36-20-28-13-15-46(40(27-9-4-3-5-10-27)33(28)22-37(36)49-2)23-31-24-47(45-44-31)14-7-6-8-25-16-26-18-29(17-25)38-35(19-26)43-34-21-30(41)11-12-32(34)39(38)42/h3-5,9-12,16,20-22,24,26,29,40H,6-8,13-15,17-19,23H2,1-2H3,(H2,42,43). The lowest BCUT2D eigenvalue weighted by Crippen LogP contribution is -2.35. The van der Waals surface area contributed by atoms with Gasteiger partial charge in [-0.2, -0.15) is 0 Å². The number of hydrogen-bond donors (Lipinski definition) is 1. The van der Waals surface area contributed by atoms with Crippen LogP contribution in [0.3, 0.4) is 0 Å². The molecule has 0 saturated heterocycles. The lowest BCUT2D eigenvalue weighted by Gasteiger charge is -2.37. The Kier molecular flexibility index (Phi) is 8.76. The van der Waals surface area contributed by atoms with Crippen LogP contribution >= 0.6 is 11.6 Å². The molecule has 3 aliphatic rings. The van der Waals surface area contributed by atoms with E-state index in [-0.39, 0.29) is 6.04 Å².